The molecule has 2 aliphatic rings. The van der Waals surface area contributed by atoms with E-state index in [2.05, 4.69) is 36.6 Å². The van der Waals surface area contributed by atoms with Crippen molar-refractivity contribution in [2.75, 3.05) is 0 Å². The molecule has 0 heterocycles. The van der Waals surface area contributed by atoms with Crippen molar-refractivity contribution in [2.24, 2.45) is 11.3 Å². The van der Waals surface area contributed by atoms with Crippen LogP contribution < -0.4 is 11.3 Å². The van der Waals surface area contributed by atoms with Crippen molar-refractivity contribution in [2.45, 2.75) is 51.0 Å². The first-order chi connectivity index (χ1) is 8.23. The largest absolute Gasteiger partial charge is 0.271 e. The number of benzene rings is 1. The minimum Gasteiger partial charge on any atom is -0.271 e. The van der Waals surface area contributed by atoms with Gasteiger partial charge >= 0.3 is 0 Å². The van der Waals surface area contributed by atoms with E-state index in [9.17, 15) is 0 Å². The minimum absolute atomic E-state index is 0.318. The van der Waals surface area contributed by atoms with Gasteiger partial charge in [-0.2, -0.15) is 0 Å². The molecule has 1 aromatic rings. The van der Waals surface area contributed by atoms with Crippen LogP contribution in [-0.2, 0) is 0 Å². The number of hydrazine groups is 1. The second kappa shape index (κ2) is 4.11. The van der Waals surface area contributed by atoms with Gasteiger partial charge in [0.2, 0.25) is 0 Å². The second-order valence-electron chi connectivity index (χ2n) is 6.05. The Morgan fingerprint density at radius 2 is 1.88 bits per heavy atom. The highest BCUT2D eigenvalue weighted by molar-refractivity contribution is 5.30. The first-order valence-corrected chi connectivity index (χ1v) is 6.79. The molecule has 2 saturated carbocycles. The lowest BCUT2D eigenvalue weighted by molar-refractivity contribution is 0.372. The van der Waals surface area contributed by atoms with Gasteiger partial charge in [0.15, 0.2) is 0 Å². The van der Waals surface area contributed by atoms with Crippen molar-refractivity contribution in [3.8, 4) is 0 Å². The zero-order valence-corrected chi connectivity index (χ0v) is 10.6. The van der Waals surface area contributed by atoms with Gasteiger partial charge in [0.25, 0.3) is 0 Å². The van der Waals surface area contributed by atoms with Crippen LogP contribution in [0.3, 0.4) is 0 Å². The minimum atomic E-state index is 0.318. The van der Waals surface area contributed by atoms with Crippen LogP contribution in [0.1, 0.15) is 62.1 Å². The fraction of sp³-hybridized carbons (Fsp3) is 0.600. The lowest BCUT2D eigenvalue weighted by atomic mass is 9.79. The summed E-state index contributed by atoms with van der Waals surface area (Å²) in [6.07, 6.45) is 6.71. The summed E-state index contributed by atoms with van der Waals surface area (Å²) in [5.74, 6) is 6.54. The zero-order valence-electron chi connectivity index (χ0n) is 10.6. The number of nitrogens with two attached hydrogens (primary N) is 1. The molecule has 0 spiro atoms. The summed E-state index contributed by atoms with van der Waals surface area (Å²) in [5, 5.41) is 0. The Bertz CT molecular complexity index is 388. The van der Waals surface area contributed by atoms with E-state index in [4.69, 9.17) is 5.84 Å². The molecule has 3 rings (SSSR count). The van der Waals surface area contributed by atoms with Gasteiger partial charge in [-0.3, -0.25) is 11.3 Å². The van der Waals surface area contributed by atoms with Crippen LogP contribution in [-0.4, -0.2) is 0 Å². The summed E-state index contributed by atoms with van der Waals surface area (Å²) in [5.41, 5.74) is 6.23. The molecule has 92 valence electrons. The fourth-order valence-electron chi connectivity index (χ4n) is 2.89. The normalized spacial score (nSPS) is 24.1. The van der Waals surface area contributed by atoms with Gasteiger partial charge in [-0.25, -0.2) is 0 Å². The van der Waals surface area contributed by atoms with Gasteiger partial charge in [0, 0.05) is 0 Å². The maximum atomic E-state index is 5.72. The Hall–Kier alpha value is -0.860. The van der Waals surface area contributed by atoms with E-state index in [1.165, 1.54) is 43.2 Å². The van der Waals surface area contributed by atoms with Crippen LogP contribution in [0.2, 0.25) is 0 Å². The molecule has 1 atom stereocenters. The Kier molecular flexibility index (Phi) is 2.72. The molecule has 0 aromatic heterocycles. The van der Waals surface area contributed by atoms with E-state index in [0.717, 1.165) is 5.92 Å². The molecule has 0 radical (unpaired) electrons. The van der Waals surface area contributed by atoms with Crippen molar-refractivity contribution in [1.82, 2.24) is 5.43 Å². The monoisotopic (exact) mass is 230 g/mol. The molecular weight excluding hydrogens is 208 g/mol. The maximum Gasteiger partial charge on any atom is 0.0513 e. The van der Waals surface area contributed by atoms with E-state index < -0.39 is 0 Å². The molecule has 2 fully saturated rings. The molecule has 0 bridgehead atoms. The van der Waals surface area contributed by atoms with E-state index in [1.54, 1.807) is 0 Å². The van der Waals surface area contributed by atoms with E-state index >= 15 is 0 Å². The third-order valence-electron chi connectivity index (χ3n) is 4.75. The van der Waals surface area contributed by atoms with Gasteiger partial charge in [-0.15, -0.1) is 0 Å². The lowest BCUT2D eigenvalue weighted by Gasteiger charge is -2.27. The Morgan fingerprint density at radius 1 is 1.24 bits per heavy atom. The van der Waals surface area contributed by atoms with Crippen LogP contribution in [0, 0.1) is 5.41 Å². The van der Waals surface area contributed by atoms with Crippen LogP contribution in [0.5, 0.6) is 0 Å². The molecule has 17 heavy (non-hydrogen) atoms. The van der Waals surface area contributed by atoms with E-state index in [1.807, 2.05) is 0 Å². The van der Waals surface area contributed by atoms with Crippen molar-refractivity contribution in [3.63, 3.8) is 0 Å². The van der Waals surface area contributed by atoms with Crippen molar-refractivity contribution in [1.29, 1.82) is 0 Å². The molecule has 1 aromatic carbocycles. The maximum absolute atomic E-state index is 5.72. The van der Waals surface area contributed by atoms with E-state index in [0.29, 0.717) is 11.5 Å². The fourth-order valence-corrected chi connectivity index (χ4v) is 2.89. The highest BCUT2D eigenvalue weighted by Gasteiger charge is 2.45. The molecule has 0 saturated heterocycles. The standard InChI is InChI=1S/C15H22N2/c1-15(9-10-15)14(17-16)13-7-5-12(6-8-13)11-3-2-4-11/h5-8,11,14,17H,2-4,9-10,16H2,1H3. The number of rotatable bonds is 4. The third kappa shape index (κ3) is 2.00. The Balaban J connectivity index is 1.78. The molecule has 2 aliphatic carbocycles. The predicted octanol–water partition coefficient (Wildman–Crippen LogP) is 3.26. The van der Waals surface area contributed by atoms with Gasteiger partial charge < -0.3 is 0 Å². The molecule has 1 unspecified atom stereocenters. The topological polar surface area (TPSA) is 38.0 Å². The van der Waals surface area contributed by atoms with Crippen LogP contribution >= 0.6 is 0 Å². The third-order valence-corrected chi connectivity index (χ3v) is 4.75. The van der Waals surface area contributed by atoms with Crippen molar-refractivity contribution >= 4 is 0 Å². The number of hydrogen-bond donors (Lipinski definition) is 2. The van der Waals surface area contributed by atoms with Crippen molar-refractivity contribution in [3.05, 3.63) is 35.4 Å². The lowest BCUT2D eigenvalue weighted by Crippen LogP contribution is -2.33. The Labute approximate surface area is 104 Å². The first-order valence-electron chi connectivity index (χ1n) is 6.79. The zero-order chi connectivity index (χ0) is 11.9. The highest BCUT2D eigenvalue weighted by atomic mass is 15.2. The van der Waals surface area contributed by atoms with E-state index in [-0.39, 0.29) is 0 Å². The molecule has 0 aliphatic heterocycles. The molecule has 3 N–H and O–H groups in total. The molecular formula is C15H22N2. The summed E-state index contributed by atoms with van der Waals surface area (Å²) in [4.78, 5) is 0. The summed E-state index contributed by atoms with van der Waals surface area (Å²) < 4.78 is 0. The van der Waals surface area contributed by atoms with Gasteiger partial charge in [0.05, 0.1) is 6.04 Å². The van der Waals surface area contributed by atoms with Gasteiger partial charge in [-0.05, 0) is 48.1 Å². The quantitative estimate of drug-likeness (QED) is 0.615. The number of hydrogen-bond acceptors (Lipinski definition) is 2. The first kappa shape index (κ1) is 11.2. The average molecular weight is 230 g/mol. The number of nitrogens with one attached hydrogen (secondary N) is 1. The summed E-state index contributed by atoms with van der Waals surface area (Å²) in [6, 6.07) is 9.45. The second-order valence-corrected chi connectivity index (χ2v) is 6.05. The SMILES string of the molecule is CC1(C(NN)c2ccc(C3CCC3)cc2)CC1. The summed E-state index contributed by atoms with van der Waals surface area (Å²) >= 11 is 0. The van der Waals surface area contributed by atoms with Gasteiger partial charge in [-0.1, -0.05) is 37.6 Å². The van der Waals surface area contributed by atoms with Crippen molar-refractivity contribution < 1.29 is 0 Å². The average Bonchev–Trinajstić information content (AvgIpc) is 2.98. The molecule has 2 nitrogen and oxygen atoms in total. The molecule has 2 heteroatoms. The van der Waals surface area contributed by atoms with Gasteiger partial charge in [0.1, 0.15) is 0 Å². The predicted molar refractivity (Wildman–Crippen MR) is 70.4 cm³/mol. The summed E-state index contributed by atoms with van der Waals surface area (Å²) in [6.45, 7) is 2.32. The van der Waals surface area contributed by atoms with Crippen LogP contribution in [0.25, 0.3) is 0 Å². The highest BCUT2D eigenvalue weighted by Crippen LogP contribution is 2.54. The molecule has 0 amide bonds. The van der Waals surface area contributed by atoms with Crippen LogP contribution in [0.15, 0.2) is 24.3 Å². The summed E-state index contributed by atoms with van der Waals surface area (Å²) in [7, 11) is 0. The smallest absolute Gasteiger partial charge is 0.0513 e. The van der Waals surface area contributed by atoms with Crippen LogP contribution in [0.4, 0.5) is 0 Å². The Morgan fingerprint density at radius 3 is 2.29 bits per heavy atom.